The van der Waals surface area contributed by atoms with Crippen LogP contribution in [0.4, 0.5) is 23.1 Å². The van der Waals surface area contributed by atoms with Crippen molar-refractivity contribution in [3.05, 3.63) is 72.1 Å². The van der Waals surface area contributed by atoms with Crippen LogP contribution in [0.25, 0.3) is 10.9 Å². The Hall–Kier alpha value is -3.34. The zero-order valence-electron chi connectivity index (χ0n) is 15.6. The molecular weight excluding hydrogens is 334 g/mol. The normalized spacial score (nSPS) is 10.9. The molecule has 0 radical (unpaired) electrons. The van der Waals surface area contributed by atoms with E-state index in [1.54, 1.807) is 6.20 Å². The van der Waals surface area contributed by atoms with Gasteiger partial charge in [0, 0.05) is 34.2 Å². The first-order valence-corrected chi connectivity index (χ1v) is 9.25. The number of aromatic amines is 1. The summed E-state index contributed by atoms with van der Waals surface area (Å²) < 4.78 is 0. The van der Waals surface area contributed by atoms with Crippen molar-refractivity contribution in [3.8, 4) is 0 Å². The number of fused-ring (bicyclic) bond motifs is 1. The van der Waals surface area contributed by atoms with E-state index in [0.29, 0.717) is 5.95 Å². The molecule has 0 saturated heterocycles. The average Bonchev–Trinajstić information content (AvgIpc) is 3.02. The molecular formula is C22H23N5. The summed E-state index contributed by atoms with van der Waals surface area (Å²) in [4.78, 5) is 12.3. The molecule has 0 amide bonds. The summed E-state index contributed by atoms with van der Waals surface area (Å²) in [5.41, 5.74) is 5.60. The van der Waals surface area contributed by atoms with Gasteiger partial charge in [-0.05, 0) is 61.4 Å². The lowest BCUT2D eigenvalue weighted by Crippen LogP contribution is -2.00. The maximum absolute atomic E-state index is 4.58. The topological polar surface area (TPSA) is 65.6 Å². The quantitative estimate of drug-likeness (QED) is 0.414. The number of nitrogens with zero attached hydrogens (tertiary/aromatic N) is 2. The van der Waals surface area contributed by atoms with Crippen LogP contribution in [0.1, 0.15) is 24.6 Å². The number of H-pyrrole nitrogens is 1. The lowest BCUT2D eigenvalue weighted by Gasteiger charge is -2.09. The van der Waals surface area contributed by atoms with Gasteiger partial charge in [0.25, 0.3) is 0 Å². The van der Waals surface area contributed by atoms with E-state index in [1.165, 1.54) is 10.9 Å². The van der Waals surface area contributed by atoms with Crippen molar-refractivity contribution in [2.24, 2.45) is 0 Å². The number of aryl methyl sites for hydroxylation is 2. The van der Waals surface area contributed by atoms with E-state index in [2.05, 4.69) is 75.8 Å². The third-order valence-electron chi connectivity index (χ3n) is 4.41. The van der Waals surface area contributed by atoms with Crippen molar-refractivity contribution in [2.45, 2.75) is 26.7 Å². The number of hydrogen-bond donors (Lipinski definition) is 3. The van der Waals surface area contributed by atoms with Crippen molar-refractivity contribution >= 4 is 34.0 Å². The van der Waals surface area contributed by atoms with E-state index >= 15 is 0 Å². The van der Waals surface area contributed by atoms with E-state index in [0.717, 1.165) is 41.2 Å². The predicted molar refractivity (Wildman–Crippen MR) is 112 cm³/mol. The Labute approximate surface area is 158 Å². The van der Waals surface area contributed by atoms with Gasteiger partial charge in [0.2, 0.25) is 5.95 Å². The number of anilines is 4. The van der Waals surface area contributed by atoms with Crippen LogP contribution in [0.2, 0.25) is 0 Å². The molecule has 2 heterocycles. The van der Waals surface area contributed by atoms with E-state index in [9.17, 15) is 0 Å². The Morgan fingerprint density at radius 2 is 1.85 bits per heavy atom. The van der Waals surface area contributed by atoms with Crippen molar-refractivity contribution in [3.63, 3.8) is 0 Å². The molecule has 3 N–H and O–H groups in total. The van der Waals surface area contributed by atoms with Crippen LogP contribution in [0, 0.1) is 6.92 Å². The van der Waals surface area contributed by atoms with Gasteiger partial charge in [-0.3, -0.25) is 0 Å². The van der Waals surface area contributed by atoms with Crippen LogP contribution in [-0.4, -0.2) is 15.0 Å². The lowest BCUT2D eigenvalue weighted by atomic mass is 10.1. The standard InChI is InChI=1S/C22H23N5/c1-3-5-16-6-4-7-18(13-16)26-22-23-11-10-21(27-22)25-19-8-9-20-17(14-19)12-15(2)24-20/h4,6-14,24H,3,5H2,1-2H3,(H2,23,25,26,27). The summed E-state index contributed by atoms with van der Waals surface area (Å²) in [6.07, 6.45) is 3.95. The molecule has 0 aliphatic heterocycles. The van der Waals surface area contributed by atoms with Crippen LogP contribution in [0.15, 0.2) is 60.8 Å². The summed E-state index contributed by atoms with van der Waals surface area (Å²) in [7, 11) is 0. The maximum atomic E-state index is 4.58. The first kappa shape index (κ1) is 17.1. The maximum Gasteiger partial charge on any atom is 0.229 e. The summed E-state index contributed by atoms with van der Waals surface area (Å²) in [6, 6.07) is 18.6. The fraction of sp³-hybridized carbons (Fsp3) is 0.182. The van der Waals surface area contributed by atoms with Crippen molar-refractivity contribution < 1.29 is 0 Å². The van der Waals surface area contributed by atoms with Crippen LogP contribution in [0.5, 0.6) is 0 Å². The monoisotopic (exact) mass is 357 g/mol. The van der Waals surface area contributed by atoms with Gasteiger partial charge < -0.3 is 15.6 Å². The largest absolute Gasteiger partial charge is 0.359 e. The van der Waals surface area contributed by atoms with Crippen LogP contribution in [0.3, 0.4) is 0 Å². The van der Waals surface area contributed by atoms with Gasteiger partial charge in [-0.1, -0.05) is 25.5 Å². The Morgan fingerprint density at radius 1 is 0.963 bits per heavy atom. The second-order valence-electron chi connectivity index (χ2n) is 6.72. The third-order valence-corrected chi connectivity index (χ3v) is 4.41. The average molecular weight is 357 g/mol. The molecule has 0 spiro atoms. The Bertz CT molecular complexity index is 1070. The molecule has 4 rings (SSSR count). The van der Waals surface area contributed by atoms with Gasteiger partial charge >= 0.3 is 0 Å². The molecule has 136 valence electrons. The molecule has 0 fully saturated rings. The molecule has 27 heavy (non-hydrogen) atoms. The van der Waals surface area contributed by atoms with Crippen LogP contribution in [-0.2, 0) is 6.42 Å². The SMILES string of the molecule is CCCc1cccc(Nc2nccc(Nc3ccc4[nH]c(C)cc4c3)n2)c1. The van der Waals surface area contributed by atoms with E-state index < -0.39 is 0 Å². The highest BCUT2D eigenvalue weighted by Crippen LogP contribution is 2.23. The van der Waals surface area contributed by atoms with Crippen LogP contribution < -0.4 is 10.6 Å². The van der Waals surface area contributed by atoms with Crippen LogP contribution >= 0.6 is 0 Å². The minimum absolute atomic E-state index is 0.576. The Kier molecular flexibility index (Phi) is 4.75. The number of hydrogen-bond acceptors (Lipinski definition) is 4. The molecule has 0 aliphatic carbocycles. The first-order chi connectivity index (χ1) is 13.2. The molecule has 5 heteroatoms. The van der Waals surface area contributed by atoms with Crippen molar-refractivity contribution in [1.29, 1.82) is 0 Å². The fourth-order valence-corrected chi connectivity index (χ4v) is 3.21. The number of rotatable bonds is 6. The van der Waals surface area contributed by atoms with Gasteiger partial charge in [-0.25, -0.2) is 4.98 Å². The highest BCUT2D eigenvalue weighted by atomic mass is 15.1. The second-order valence-corrected chi connectivity index (χ2v) is 6.72. The molecule has 0 unspecified atom stereocenters. The lowest BCUT2D eigenvalue weighted by molar-refractivity contribution is 0.922. The summed E-state index contributed by atoms with van der Waals surface area (Å²) in [5, 5.41) is 7.83. The summed E-state index contributed by atoms with van der Waals surface area (Å²) in [6.45, 7) is 4.25. The minimum atomic E-state index is 0.576. The molecule has 0 aliphatic rings. The summed E-state index contributed by atoms with van der Waals surface area (Å²) >= 11 is 0. The molecule has 0 atom stereocenters. The Morgan fingerprint density at radius 3 is 2.74 bits per heavy atom. The zero-order chi connectivity index (χ0) is 18.6. The van der Waals surface area contributed by atoms with E-state index in [1.807, 2.05) is 18.2 Å². The van der Waals surface area contributed by atoms with Gasteiger partial charge in [-0.2, -0.15) is 4.98 Å². The minimum Gasteiger partial charge on any atom is -0.359 e. The van der Waals surface area contributed by atoms with Gasteiger partial charge in [0.15, 0.2) is 0 Å². The fourth-order valence-electron chi connectivity index (χ4n) is 3.21. The molecule has 2 aromatic heterocycles. The highest BCUT2D eigenvalue weighted by Gasteiger charge is 2.04. The molecule has 5 nitrogen and oxygen atoms in total. The van der Waals surface area contributed by atoms with Crippen molar-refractivity contribution in [1.82, 2.24) is 15.0 Å². The van der Waals surface area contributed by atoms with Gasteiger partial charge in [-0.15, -0.1) is 0 Å². The number of nitrogens with one attached hydrogen (secondary N) is 3. The van der Waals surface area contributed by atoms with E-state index in [4.69, 9.17) is 0 Å². The van der Waals surface area contributed by atoms with Crippen molar-refractivity contribution in [2.75, 3.05) is 10.6 Å². The third kappa shape index (κ3) is 4.08. The smallest absolute Gasteiger partial charge is 0.229 e. The number of benzene rings is 2. The molecule has 2 aromatic carbocycles. The zero-order valence-corrected chi connectivity index (χ0v) is 15.6. The summed E-state index contributed by atoms with van der Waals surface area (Å²) in [5.74, 6) is 1.33. The molecule has 0 bridgehead atoms. The molecule has 4 aromatic rings. The second kappa shape index (κ2) is 7.50. The van der Waals surface area contributed by atoms with Gasteiger partial charge in [0.1, 0.15) is 5.82 Å². The first-order valence-electron chi connectivity index (χ1n) is 9.25. The number of aromatic nitrogens is 3. The molecule has 0 saturated carbocycles. The van der Waals surface area contributed by atoms with Gasteiger partial charge in [0.05, 0.1) is 0 Å². The van der Waals surface area contributed by atoms with E-state index in [-0.39, 0.29) is 0 Å². The predicted octanol–water partition coefficient (Wildman–Crippen LogP) is 5.71. The Balaban J connectivity index is 1.52. The highest BCUT2D eigenvalue weighted by molar-refractivity contribution is 5.84.